The number of nitrogens with one attached hydrogen (secondary N) is 1. The standard InChI is InChI=1S/C24H27N3O4S/c1-27-11-10-23(26-27)25-24(29)21(13-15-2-6-18(28)12-15)17-5-9-22(20(14-17)16-3-4-16)32(30,31)19-7-8-19/h5,9-11,13-16,19H,2-4,6-8,12H2,1H3,(H,25,26,29)/b21-13-/t15-/m0/s1. The van der Waals surface area contributed by atoms with Crippen LogP contribution in [-0.4, -0.2) is 35.1 Å². The maximum atomic E-state index is 13.3. The van der Waals surface area contributed by atoms with Crippen LogP contribution in [0.25, 0.3) is 5.57 Å². The molecule has 3 aliphatic rings. The van der Waals surface area contributed by atoms with Gasteiger partial charge in [-0.25, -0.2) is 8.42 Å². The van der Waals surface area contributed by atoms with Crippen LogP contribution in [0.15, 0.2) is 41.4 Å². The minimum absolute atomic E-state index is 0.00577. The number of hydrogen-bond acceptors (Lipinski definition) is 5. The van der Waals surface area contributed by atoms with Crippen molar-refractivity contribution in [3.8, 4) is 0 Å². The van der Waals surface area contributed by atoms with Gasteiger partial charge >= 0.3 is 0 Å². The first-order chi connectivity index (χ1) is 15.3. The highest BCUT2D eigenvalue weighted by Crippen LogP contribution is 2.46. The van der Waals surface area contributed by atoms with Crippen LogP contribution in [0.3, 0.4) is 0 Å². The zero-order chi connectivity index (χ0) is 22.5. The summed E-state index contributed by atoms with van der Waals surface area (Å²) >= 11 is 0. The van der Waals surface area contributed by atoms with Gasteiger partial charge in [0.2, 0.25) is 0 Å². The number of allylic oxidation sites excluding steroid dienone is 1. The molecule has 1 aromatic carbocycles. The number of rotatable bonds is 7. The molecule has 3 aliphatic carbocycles. The molecule has 1 aromatic heterocycles. The van der Waals surface area contributed by atoms with Crippen LogP contribution >= 0.6 is 0 Å². The molecule has 0 bridgehead atoms. The average molecular weight is 454 g/mol. The second-order valence-electron chi connectivity index (χ2n) is 9.22. The highest BCUT2D eigenvalue weighted by Gasteiger charge is 2.40. The van der Waals surface area contributed by atoms with Gasteiger partial charge in [0.25, 0.3) is 5.91 Å². The summed E-state index contributed by atoms with van der Waals surface area (Å²) in [6.07, 6.45) is 8.69. The van der Waals surface area contributed by atoms with Crippen molar-refractivity contribution >= 4 is 32.9 Å². The lowest BCUT2D eigenvalue weighted by Gasteiger charge is -2.15. The van der Waals surface area contributed by atoms with Crippen molar-refractivity contribution in [1.82, 2.24) is 9.78 Å². The Bertz CT molecular complexity index is 1220. The Labute approximate surface area is 187 Å². The number of carbonyl (C=O) groups is 2. The molecule has 0 spiro atoms. The second-order valence-corrected chi connectivity index (χ2v) is 11.4. The van der Waals surface area contributed by atoms with E-state index in [2.05, 4.69) is 10.4 Å². The largest absolute Gasteiger partial charge is 0.305 e. The third-order valence-corrected chi connectivity index (χ3v) is 8.83. The highest BCUT2D eigenvalue weighted by molar-refractivity contribution is 7.92. The SMILES string of the molecule is Cn1ccc(NC(=O)/C(=C\[C@H]2CCC(=O)C2)c2ccc(S(=O)(=O)C3CC3)c(C3CC3)c2)n1. The van der Waals surface area contributed by atoms with E-state index in [-0.39, 0.29) is 28.8 Å². The first-order valence-electron chi connectivity index (χ1n) is 11.2. The highest BCUT2D eigenvalue weighted by atomic mass is 32.2. The molecule has 5 rings (SSSR count). The van der Waals surface area contributed by atoms with Crippen molar-refractivity contribution < 1.29 is 18.0 Å². The Morgan fingerprint density at radius 2 is 1.94 bits per heavy atom. The molecule has 2 aromatic rings. The lowest BCUT2D eigenvalue weighted by atomic mass is 9.95. The van der Waals surface area contributed by atoms with E-state index in [1.54, 1.807) is 36.1 Å². The molecule has 0 unspecified atom stereocenters. The van der Waals surface area contributed by atoms with Gasteiger partial charge in [-0.3, -0.25) is 14.3 Å². The van der Waals surface area contributed by atoms with Crippen LogP contribution in [0.2, 0.25) is 0 Å². The van der Waals surface area contributed by atoms with Gasteiger partial charge < -0.3 is 5.32 Å². The Kier molecular flexibility index (Phi) is 5.28. The Balaban J connectivity index is 1.53. The van der Waals surface area contributed by atoms with Gasteiger partial charge in [-0.2, -0.15) is 5.10 Å². The first kappa shape index (κ1) is 21.1. The summed E-state index contributed by atoms with van der Waals surface area (Å²) in [6.45, 7) is 0. The minimum Gasteiger partial charge on any atom is -0.305 e. The van der Waals surface area contributed by atoms with Gasteiger partial charge in [-0.15, -0.1) is 0 Å². The number of hydrogen-bond donors (Lipinski definition) is 1. The van der Waals surface area contributed by atoms with Gasteiger partial charge in [0.15, 0.2) is 15.7 Å². The number of anilines is 1. The van der Waals surface area contributed by atoms with Crippen LogP contribution < -0.4 is 5.32 Å². The normalized spacial score (nSPS) is 21.7. The van der Waals surface area contributed by atoms with Gasteiger partial charge in [0, 0.05) is 37.7 Å². The van der Waals surface area contributed by atoms with E-state index in [0.717, 1.165) is 37.7 Å². The number of nitrogens with zero attached hydrogens (tertiary/aromatic N) is 2. The maximum Gasteiger partial charge on any atom is 0.257 e. The fourth-order valence-electron chi connectivity index (χ4n) is 4.44. The molecule has 7 nitrogen and oxygen atoms in total. The molecule has 3 fully saturated rings. The number of Topliss-reactive ketones (excluding diaryl/α,β-unsaturated/α-hetero) is 1. The van der Waals surface area contributed by atoms with Gasteiger partial charge in [-0.1, -0.05) is 12.1 Å². The Morgan fingerprint density at radius 1 is 1.16 bits per heavy atom. The van der Waals surface area contributed by atoms with E-state index < -0.39 is 9.84 Å². The number of aromatic nitrogens is 2. The zero-order valence-electron chi connectivity index (χ0n) is 18.1. The molecule has 1 N–H and O–H groups in total. The molecule has 1 atom stereocenters. The monoisotopic (exact) mass is 453 g/mol. The van der Waals surface area contributed by atoms with Crippen LogP contribution in [-0.2, 0) is 26.5 Å². The van der Waals surface area contributed by atoms with E-state index in [0.29, 0.717) is 34.7 Å². The van der Waals surface area contributed by atoms with Crippen molar-refractivity contribution in [2.24, 2.45) is 13.0 Å². The van der Waals surface area contributed by atoms with Crippen molar-refractivity contribution in [3.05, 3.63) is 47.7 Å². The van der Waals surface area contributed by atoms with E-state index in [1.807, 2.05) is 12.1 Å². The molecule has 168 valence electrons. The number of aryl methyl sites for hydroxylation is 1. The lowest BCUT2D eigenvalue weighted by molar-refractivity contribution is -0.117. The topological polar surface area (TPSA) is 98.1 Å². The summed E-state index contributed by atoms with van der Waals surface area (Å²) in [7, 11) is -1.54. The third-order valence-electron chi connectivity index (χ3n) is 6.49. The van der Waals surface area contributed by atoms with Crippen LogP contribution in [0.4, 0.5) is 5.82 Å². The van der Waals surface area contributed by atoms with Crippen molar-refractivity contribution in [3.63, 3.8) is 0 Å². The number of sulfone groups is 1. The third kappa shape index (κ3) is 4.28. The summed E-state index contributed by atoms with van der Waals surface area (Å²) in [4.78, 5) is 25.5. The molecule has 0 saturated heterocycles. The van der Waals surface area contributed by atoms with Crippen LogP contribution in [0.1, 0.15) is 62.0 Å². The second kappa shape index (κ2) is 7.99. The molecule has 32 heavy (non-hydrogen) atoms. The molecule has 3 saturated carbocycles. The van der Waals surface area contributed by atoms with E-state index in [9.17, 15) is 18.0 Å². The fourth-order valence-corrected chi connectivity index (χ4v) is 6.36. The lowest BCUT2D eigenvalue weighted by Crippen LogP contribution is -2.16. The average Bonchev–Trinajstić information content (AvgIpc) is 3.68. The first-order valence-corrected chi connectivity index (χ1v) is 12.8. The Hall–Kier alpha value is -2.74. The van der Waals surface area contributed by atoms with E-state index in [1.165, 1.54) is 0 Å². The predicted molar refractivity (Wildman–Crippen MR) is 121 cm³/mol. The van der Waals surface area contributed by atoms with Gasteiger partial charge in [0.1, 0.15) is 5.78 Å². The summed E-state index contributed by atoms with van der Waals surface area (Å²) in [5, 5.41) is 6.80. The van der Waals surface area contributed by atoms with E-state index in [4.69, 9.17) is 0 Å². The van der Waals surface area contributed by atoms with Crippen molar-refractivity contribution in [1.29, 1.82) is 0 Å². The number of amides is 1. The maximum absolute atomic E-state index is 13.3. The Morgan fingerprint density at radius 3 is 2.53 bits per heavy atom. The van der Waals surface area contributed by atoms with E-state index >= 15 is 0 Å². The zero-order valence-corrected chi connectivity index (χ0v) is 18.9. The fraction of sp³-hybridized carbons (Fsp3) is 0.458. The van der Waals surface area contributed by atoms with Crippen molar-refractivity contribution in [2.45, 2.75) is 61.0 Å². The predicted octanol–water partition coefficient (Wildman–Crippen LogP) is 3.62. The molecule has 0 aliphatic heterocycles. The van der Waals surface area contributed by atoms with Crippen LogP contribution in [0, 0.1) is 5.92 Å². The summed E-state index contributed by atoms with van der Waals surface area (Å²) < 4.78 is 27.6. The summed E-state index contributed by atoms with van der Waals surface area (Å²) in [5.74, 6) is 0.585. The molecule has 1 heterocycles. The molecule has 8 heteroatoms. The molecule has 1 amide bonds. The molecular weight excluding hydrogens is 426 g/mol. The van der Waals surface area contributed by atoms with Crippen LogP contribution in [0.5, 0.6) is 0 Å². The smallest absolute Gasteiger partial charge is 0.257 e. The van der Waals surface area contributed by atoms with Crippen molar-refractivity contribution in [2.75, 3.05) is 5.32 Å². The summed E-state index contributed by atoms with van der Waals surface area (Å²) in [5.41, 5.74) is 1.98. The minimum atomic E-state index is -3.32. The number of ketones is 1. The van der Waals surface area contributed by atoms with Gasteiger partial charge in [0.05, 0.1) is 10.1 Å². The molecular formula is C24H27N3O4S. The quantitative estimate of drug-likeness (QED) is 0.646. The number of benzene rings is 1. The number of carbonyl (C=O) groups excluding carboxylic acids is 2. The van der Waals surface area contributed by atoms with Gasteiger partial charge in [-0.05, 0) is 67.2 Å². The summed E-state index contributed by atoms with van der Waals surface area (Å²) in [6, 6.07) is 7.02. The molecule has 0 radical (unpaired) electrons.